The van der Waals surface area contributed by atoms with Gasteiger partial charge in [-0.05, 0) is 42.0 Å². The number of hydrogen-bond donors (Lipinski definition) is 1. The van der Waals surface area contributed by atoms with Crippen LogP contribution in [-0.2, 0) is 12.7 Å². The highest BCUT2D eigenvalue weighted by atomic mass is 19.4. The monoisotopic (exact) mass is 475 g/mol. The SMILES string of the molecule is COc1ccc(Cn2nc(C(F)(F)F)c3c(N4CCN(C(=O)O)CC4)c(C4CC4)cnc32)cc1. The fourth-order valence-electron chi connectivity index (χ4n) is 4.51. The highest BCUT2D eigenvalue weighted by molar-refractivity contribution is 5.95. The van der Waals surface area contributed by atoms with E-state index in [-0.39, 0.29) is 36.6 Å². The molecule has 1 aliphatic carbocycles. The minimum Gasteiger partial charge on any atom is -0.497 e. The Labute approximate surface area is 193 Å². The molecule has 5 rings (SSSR count). The molecule has 34 heavy (non-hydrogen) atoms. The molecule has 8 nitrogen and oxygen atoms in total. The lowest BCUT2D eigenvalue weighted by Crippen LogP contribution is -2.48. The number of carbonyl (C=O) groups is 1. The van der Waals surface area contributed by atoms with Crippen LogP contribution in [0.2, 0.25) is 0 Å². The number of nitrogens with zero attached hydrogens (tertiary/aromatic N) is 5. The summed E-state index contributed by atoms with van der Waals surface area (Å²) in [5, 5.41) is 13.3. The summed E-state index contributed by atoms with van der Waals surface area (Å²) in [4.78, 5) is 18.9. The molecule has 2 aromatic heterocycles. The van der Waals surface area contributed by atoms with Gasteiger partial charge in [-0.3, -0.25) is 0 Å². The smallest absolute Gasteiger partial charge is 0.435 e. The van der Waals surface area contributed by atoms with Gasteiger partial charge in [0.05, 0.1) is 24.7 Å². The molecule has 2 fully saturated rings. The van der Waals surface area contributed by atoms with Crippen molar-refractivity contribution < 1.29 is 27.8 Å². The van der Waals surface area contributed by atoms with Crippen molar-refractivity contribution in [1.82, 2.24) is 19.7 Å². The van der Waals surface area contributed by atoms with Crippen molar-refractivity contribution in [1.29, 1.82) is 0 Å². The maximum atomic E-state index is 14.2. The predicted molar refractivity (Wildman–Crippen MR) is 118 cm³/mol. The molecule has 180 valence electrons. The molecular weight excluding hydrogens is 451 g/mol. The molecule has 0 atom stereocenters. The van der Waals surface area contributed by atoms with Gasteiger partial charge in [0, 0.05) is 32.4 Å². The van der Waals surface area contributed by atoms with E-state index in [1.807, 2.05) is 4.90 Å². The Bertz CT molecular complexity index is 1210. The van der Waals surface area contributed by atoms with Crippen LogP contribution >= 0.6 is 0 Å². The van der Waals surface area contributed by atoms with Crippen molar-refractivity contribution in [2.24, 2.45) is 0 Å². The fourth-order valence-corrected chi connectivity index (χ4v) is 4.51. The van der Waals surface area contributed by atoms with Crippen molar-refractivity contribution in [3.05, 3.63) is 47.3 Å². The van der Waals surface area contributed by atoms with E-state index in [4.69, 9.17) is 4.74 Å². The van der Waals surface area contributed by atoms with Crippen molar-refractivity contribution in [2.45, 2.75) is 31.5 Å². The summed E-state index contributed by atoms with van der Waals surface area (Å²) in [5.74, 6) is 0.815. The van der Waals surface area contributed by atoms with E-state index in [0.717, 1.165) is 24.0 Å². The standard InChI is InChI=1S/C23H24F3N5O3/c1-34-16-6-2-14(3-7-16)13-31-21-18(20(28-31)23(24,25)26)19(17(12-27-21)15-4-5-15)29-8-10-30(11-9-29)22(32)33/h2-3,6-7,12,15H,4-5,8-11,13H2,1H3,(H,32,33). The first kappa shape index (κ1) is 22.3. The van der Waals surface area contributed by atoms with Crippen LogP contribution in [-0.4, -0.2) is 64.2 Å². The Morgan fingerprint density at radius 3 is 2.38 bits per heavy atom. The molecule has 1 amide bonds. The van der Waals surface area contributed by atoms with Gasteiger partial charge in [-0.25, -0.2) is 14.5 Å². The first-order valence-electron chi connectivity index (χ1n) is 11.1. The lowest BCUT2D eigenvalue weighted by Gasteiger charge is -2.36. The summed E-state index contributed by atoms with van der Waals surface area (Å²) >= 11 is 0. The van der Waals surface area contributed by atoms with E-state index in [1.54, 1.807) is 37.6 Å². The highest BCUT2D eigenvalue weighted by Gasteiger charge is 2.41. The molecule has 3 heterocycles. The number of piperazine rings is 1. The van der Waals surface area contributed by atoms with Gasteiger partial charge in [-0.2, -0.15) is 18.3 Å². The topological polar surface area (TPSA) is 83.7 Å². The summed E-state index contributed by atoms with van der Waals surface area (Å²) in [6.07, 6.45) is -2.21. The first-order chi connectivity index (χ1) is 16.3. The molecule has 0 radical (unpaired) electrons. The summed E-state index contributed by atoms with van der Waals surface area (Å²) in [6.45, 7) is 1.20. The van der Waals surface area contributed by atoms with E-state index < -0.39 is 18.0 Å². The summed E-state index contributed by atoms with van der Waals surface area (Å²) < 4.78 is 49.1. The molecule has 3 aromatic rings. The molecule has 1 saturated heterocycles. The number of carboxylic acid groups (broad SMARTS) is 1. The predicted octanol–water partition coefficient (Wildman–Crippen LogP) is 4.18. The van der Waals surface area contributed by atoms with Crippen LogP contribution in [0.3, 0.4) is 0 Å². The van der Waals surface area contributed by atoms with Crippen LogP contribution in [0.25, 0.3) is 11.0 Å². The van der Waals surface area contributed by atoms with Crippen molar-refractivity contribution in [3.63, 3.8) is 0 Å². The Morgan fingerprint density at radius 2 is 1.82 bits per heavy atom. The third kappa shape index (κ3) is 4.10. The minimum absolute atomic E-state index is 0.00538. The van der Waals surface area contributed by atoms with Crippen LogP contribution in [0, 0.1) is 0 Å². The number of amides is 1. The van der Waals surface area contributed by atoms with Crippen LogP contribution in [0.4, 0.5) is 23.7 Å². The van der Waals surface area contributed by atoms with Gasteiger partial charge in [0.25, 0.3) is 0 Å². The minimum atomic E-state index is -4.66. The van der Waals surface area contributed by atoms with Crippen LogP contribution in [0.15, 0.2) is 30.5 Å². The van der Waals surface area contributed by atoms with Gasteiger partial charge in [0.2, 0.25) is 0 Å². The third-order valence-corrected chi connectivity index (χ3v) is 6.41. The van der Waals surface area contributed by atoms with Crippen LogP contribution in [0.5, 0.6) is 5.75 Å². The lowest BCUT2D eigenvalue weighted by molar-refractivity contribution is -0.140. The number of halogens is 3. The van der Waals surface area contributed by atoms with Gasteiger partial charge in [0.15, 0.2) is 11.3 Å². The number of pyridine rings is 1. The fraction of sp³-hybridized carbons (Fsp3) is 0.435. The zero-order valence-corrected chi connectivity index (χ0v) is 18.5. The van der Waals surface area contributed by atoms with Gasteiger partial charge >= 0.3 is 12.3 Å². The summed E-state index contributed by atoms with van der Waals surface area (Å²) in [7, 11) is 1.55. The molecule has 1 saturated carbocycles. The molecule has 11 heteroatoms. The van der Waals surface area contributed by atoms with Gasteiger partial charge in [-0.15, -0.1) is 0 Å². The molecule has 1 N–H and O–H groups in total. The van der Waals surface area contributed by atoms with E-state index in [0.29, 0.717) is 24.5 Å². The van der Waals surface area contributed by atoms with Gasteiger partial charge < -0.3 is 19.6 Å². The van der Waals surface area contributed by atoms with E-state index in [2.05, 4.69) is 10.1 Å². The first-order valence-corrected chi connectivity index (χ1v) is 11.1. The van der Waals surface area contributed by atoms with Crippen molar-refractivity contribution >= 4 is 22.8 Å². The average Bonchev–Trinajstić information content (AvgIpc) is 3.60. The molecule has 0 bridgehead atoms. The number of fused-ring (bicyclic) bond motifs is 1. The maximum Gasteiger partial charge on any atom is 0.435 e. The Hall–Kier alpha value is -3.50. The number of hydrogen-bond acceptors (Lipinski definition) is 5. The largest absolute Gasteiger partial charge is 0.497 e. The molecule has 0 unspecified atom stereocenters. The second-order valence-electron chi connectivity index (χ2n) is 8.64. The number of methoxy groups -OCH3 is 1. The third-order valence-electron chi connectivity index (χ3n) is 6.41. The average molecular weight is 475 g/mol. The quantitative estimate of drug-likeness (QED) is 0.596. The molecular formula is C23H24F3N5O3. The number of benzene rings is 1. The van der Waals surface area contributed by atoms with Crippen molar-refractivity contribution in [3.8, 4) is 5.75 Å². The summed E-state index contributed by atoms with van der Waals surface area (Å²) in [5.41, 5.74) is 1.25. The Morgan fingerprint density at radius 1 is 1.15 bits per heavy atom. The van der Waals surface area contributed by atoms with E-state index in [1.165, 1.54) is 9.58 Å². The zero-order chi connectivity index (χ0) is 24.0. The van der Waals surface area contributed by atoms with E-state index >= 15 is 0 Å². The highest BCUT2D eigenvalue weighted by Crippen LogP contribution is 2.48. The van der Waals surface area contributed by atoms with E-state index in [9.17, 15) is 23.1 Å². The number of alkyl halides is 3. The molecule has 1 aromatic carbocycles. The number of rotatable bonds is 5. The molecule has 1 aliphatic heterocycles. The maximum absolute atomic E-state index is 14.2. The lowest BCUT2D eigenvalue weighted by atomic mass is 10.0. The Balaban J connectivity index is 1.62. The zero-order valence-electron chi connectivity index (χ0n) is 18.5. The van der Waals surface area contributed by atoms with Crippen LogP contribution < -0.4 is 9.64 Å². The number of aromatic nitrogens is 3. The molecule has 2 aliphatic rings. The van der Waals surface area contributed by atoms with Gasteiger partial charge in [0.1, 0.15) is 5.75 Å². The van der Waals surface area contributed by atoms with Crippen LogP contribution in [0.1, 0.15) is 35.6 Å². The normalized spacial score (nSPS) is 16.8. The second-order valence-corrected chi connectivity index (χ2v) is 8.64. The van der Waals surface area contributed by atoms with Gasteiger partial charge in [-0.1, -0.05) is 12.1 Å². The number of ether oxygens (including phenoxy) is 1. The number of anilines is 1. The summed E-state index contributed by atoms with van der Waals surface area (Å²) in [6, 6.07) is 7.06. The van der Waals surface area contributed by atoms with Crippen molar-refractivity contribution in [2.75, 3.05) is 38.2 Å². The second kappa shape index (κ2) is 8.37. The molecule has 0 spiro atoms. The Kier molecular flexibility index (Phi) is 5.49.